The second kappa shape index (κ2) is 4.52. The van der Waals surface area contributed by atoms with Crippen molar-refractivity contribution in [2.75, 3.05) is 6.67 Å². The lowest BCUT2D eigenvalue weighted by Crippen LogP contribution is -2.02. The first-order valence-electron chi connectivity index (χ1n) is 4.69. The highest BCUT2D eigenvalue weighted by molar-refractivity contribution is 7.71. The van der Waals surface area contributed by atoms with E-state index < -0.39 is 6.67 Å². The third kappa shape index (κ3) is 2.01. The molecule has 0 bridgehead atoms. The van der Waals surface area contributed by atoms with E-state index in [1.54, 1.807) is 12.1 Å². The Morgan fingerprint density at radius 3 is 2.94 bits per heavy atom. The molecule has 0 saturated carbocycles. The minimum Gasteiger partial charge on any atom is -0.298 e. The van der Waals surface area contributed by atoms with Crippen LogP contribution in [0.1, 0.15) is 0 Å². The van der Waals surface area contributed by atoms with Crippen LogP contribution in [0.25, 0.3) is 11.4 Å². The van der Waals surface area contributed by atoms with Gasteiger partial charge in [0.15, 0.2) is 10.6 Å². The van der Waals surface area contributed by atoms with Crippen LogP contribution in [0.15, 0.2) is 24.3 Å². The molecule has 1 aromatic heterocycles. The van der Waals surface area contributed by atoms with Crippen LogP contribution in [0, 0.1) is 10.6 Å². The highest BCUT2D eigenvalue weighted by Gasteiger charge is 2.08. The summed E-state index contributed by atoms with van der Waals surface area (Å²) in [6, 6.07) is 5.94. The molecule has 2 aromatic rings. The number of H-pyrrole nitrogens is 1. The topological polar surface area (TPSA) is 33.6 Å². The van der Waals surface area contributed by atoms with Gasteiger partial charge in [0.1, 0.15) is 12.5 Å². The summed E-state index contributed by atoms with van der Waals surface area (Å²) >= 11 is 4.96. The molecule has 0 saturated heterocycles. The fourth-order valence-electron chi connectivity index (χ4n) is 1.46. The van der Waals surface area contributed by atoms with Crippen LogP contribution in [-0.4, -0.2) is 21.4 Å². The highest BCUT2D eigenvalue weighted by Crippen LogP contribution is 2.17. The SMILES string of the molecule is FCCn1c(-c2cccc(F)c2)n[nH]c1=S. The molecule has 0 aliphatic carbocycles. The normalized spacial score (nSPS) is 10.6. The second-order valence-corrected chi connectivity index (χ2v) is 3.59. The smallest absolute Gasteiger partial charge is 0.195 e. The summed E-state index contributed by atoms with van der Waals surface area (Å²) in [7, 11) is 0. The van der Waals surface area contributed by atoms with Gasteiger partial charge in [-0.3, -0.25) is 9.67 Å². The first kappa shape index (κ1) is 10.9. The number of rotatable bonds is 3. The largest absolute Gasteiger partial charge is 0.298 e. The monoisotopic (exact) mass is 241 g/mol. The Bertz CT molecular complexity index is 547. The molecule has 2 rings (SSSR count). The van der Waals surface area contributed by atoms with Crippen LogP contribution in [0.4, 0.5) is 8.78 Å². The predicted octanol–water partition coefficient (Wildman–Crippen LogP) is 2.72. The summed E-state index contributed by atoms with van der Waals surface area (Å²) in [4.78, 5) is 0. The Hall–Kier alpha value is -1.56. The zero-order valence-electron chi connectivity index (χ0n) is 8.28. The minimum atomic E-state index is -0.545. The molecule has 0 fully saturated rings. The van der Waals surface area contributed by atoms with E-state index in [0.29, 0.717) is 16.2 Å². The summed E-state index contributed by atoms with van der Waals surface area (Å²) in [5.41, 5.74) is 0.570. The maximum Gasteiger partial charge on any atom is 0.195 e. The van der Waals surface area contributed by atoms with Gasteiger partial charge >= 0.3 is 0 Å². The average molecular weight is 241 g/mol. The number of halogens is 2. The molecule has 0 aliphatic rings. The van der Waals surface area contributed by atoms with Crippen molar-refractivity contribution in [1.82, 2.24) is 14.8 Å². The summed E-state index contributed by atoms with van der Waals surface area (Å²) in [6.45, 7) is -0.433. The van der Waals surface area contributed by atoms with E-state index in [-0.39, 0.29) is 12.4 Å². The van der Waals surface area contributed by atoms with Gasteiger partial charge in [0.05, 0.1) is 6.54 Å². The number of aromatic amines is 1. The lowest BCUT2D eigenvalue weighted by atomic mass is 10.2. The van der Waals surface area contributed by atoms with Crippen molar-refractivity contribution in [3.05, 3.63) is 34.9 Å². The van der Waals surface area contributed by atoms with E-state index in [0.717, 1.165) is 0 Å². The number of nitrogens with one attached hydrogen (secondary N) is 1. The molecule has 0 spiro atoms. The van der Waals surface area contributed by atoms with Crippen LogP contribution in [-0.2, 0) is 6.54 Å². The van der Waals surface area contributed by atoms with Gasteiger partial charge < -0.3 is 0 Å². The Kier molecular flexibility index (Phi) is 3.09. The average Bonchev–Trinajstić information content (AvgIpc) is 2.61. The zero-order chi connectivity index (χ0) is 11.5. The van der Waals surface area contributed by atoms with Crippen LogP contribution >= 0.6 is 12.2 Å². The number of hydrogen-bond acceptors (Lipinski definition) is 2. The maximum atomic E-state index is 13.0. The first-order valence-corrected chi connectivity index (χ1v) is 5.10. The summed E-state index contributed by atoms with van der Waals surface area (Å²) in [6.07, 6.45) is 0. The highest BCUT2D eigenvalue weighted by atomic mass is 32.1. The Balaban J connectivity index is 2.51. The molecule has 0 radical (unpaired) electrons. The molecular weight excluding hydrogens is 232 g/mol. The van der Waals surface area contributed by atoms with E-state index in [2.05, 4.69) is 10.2 Å². The van der Waals surface area contributed by atoms with E-state index in [1.165, 1.54) is 16.7 Å². The lowest BCUT2D eigenvalue weighted by Gasteiger charge is -2.03. The molecule has 0 amide bonds. The Morgan fingerprint density at radius 2 is 2.25 bits per heavy atom. The predicted molar refractivity (Wildman–Crippen MR) is 58.8 cm³/mol. The van der Waals surface area contributed by atoms with Gasteiger partial charge in [-0.2, -0.15) is 5.10 Å². The number of benzene rings is 1. The summed E-state index contributed by atoms with van der Waals surface area (Å²) in [5, 5.41) is 6.52. The van der Waals surface area contributed by atoms with Crippen molar-refractivity contribution in [3.63, 3.8) is 0 Å². The van der Waals surface area contributed by atoms with Gasteiger partial charge in [-0.15, -0.1) is 0 Å². The standard InChI is InChI=1S/C10H9F2N3S/c11-4-5-15-9(13-14-10(15)16)7-2-1-3-8(12)6-7/h1-3,6H,4-5H2,(H,14,16). The van der Waals surface area contributed by atoms with E-state index in [4.69, 9.17) is 12.2 Å². The van der Waals surface area contributed by atoms with Gasteiger partial charge in [0, 0.05) is 5.56 Å². The van der Waals surface area contributed by atoms with Gasteiger partial charge in [0.2, 0.25) is 0 Å². The van der Waals surface area contributed by atoms with Crippen molar-refractivity contribution in [3.8, 4) is 11.4 Å². The Labute approximate surface area is 95.7 Å². The molecule has 1 N–H and O–H groups in total. The zero-order valence-corrected chi connectivity index (χ0v) is 9.10. The third-order valence-corrected chi connectivity index (χ3v) is 2.46. The van der Waals surface area contributed by atoms with Crippen molar-refractivity contribution in [2.45, 2.75) is 6.54 Å². The summed E-state index contributed by atoms with van der Waals surface area (Å²) < 4.78 is 27.2. The Morgan fingerprint density at radius 1 is 1.44 bits per heavy atom. The van der Waals surface area contributed by atoms with Crippen LogP contribution in [0.2, 0.25) is 0 Å². The molecule has 16 heavy (non-hydrogen) atoms. The van der Waals surface area contributed by atoms with Gasteiger partial charge in [-0.05, 0) is 24.4 Å². The fraction of sp³-hybridized carbons (Fsp3) is 0.200. The number of nitrogens with zero attached hydrogens (tertiary/aromatic N) is 2. The molecule has 1 aromatic carbocycles. The third-order valence-electron chi connectivity index (χ3n) is 2.15. The van der Waals surface area contributed by atoms with Gasteiger partial charge in [-0.1, -0.05) is 12.1 Å². The number of aromatic nitrogens is 3. The second-order valence-electron chi connectivity index (χ2n) is 3.20. The lowest BCUT2D eigenvalue weighted by molar-refractivity contribution is 0.445. The van der Waals surface area contributed by atoms with Crippen LogP contribution in [0.5, 0.6) is 0 Å². The molecule has 3 nitrogen and oxygen atoms in total. The van der Waals surface area contributed by atoms with E-state index >= 15 is 0 Å². The number of hydrogen-bond donors (Lipinski definition) is 1. The van der Waals surface area contributed by atoms with Crippen molar-refractivity contribution < 1.29 is 8.78 Å². The van der Waals surface area contributed by atoms with Crippen molar-refractivity contribution in [2.24, 2.45) is 0 Å². The van der Waals surface area contributed by atoms with Gasteiger partial charge in [0.25, 0.3) is 0 Å². The van der Waals surface area contributed by atoms with Crippen molar-refractivity contribution >= 4 is 12.2 Å². The molecule has 0 unspecified atom stereocenters. The van der Waals surface area contributed by atoms with E-state index in [1.807, 2.05) is 0 Å². The van der Waals surface area contributed by atoms with Crippen molar-refractivity contribution in [1.29, 1.82) is 0 Å². The molecular formula is C10H9F2N3S. The van der Waals surface area contributed by atoms with Crippen LogP contribution < -0.4 is 0 Å². The molecule has 0 aliphatic heterocycles. The maximum absolute atomic E-state index is 13.0. The quantitative estimate of drug-likeness (QED) is 0.838. The fourth-order valence-corrected chi connectivity index (χ4v) is 1.68. The molecule has 84 valence electrons. The van der Waals surface area contributed by atoms with E-state index in [9.17, 15) is 8.78 Å². The van der Waals surface area contributed by atoms with Crippen LogP contribution in [0.3, 0.4) is 0 Å². The number of alkyl halides is 1. The summed E-state index contributed by atoms with van der Waals surface area (Å²) in [5.74, 6) is 0.0837. The molecule has 0 atom stereocenters. The molecule has 1 heterocycles. The molecule has 6 heteroatoms. The first-order chi connectivity index (χ1) is 7.72. The minimum absolute atomic E-state index is 0.112. The van der Waals surface area contributed by atoms with Gasteiger partial charge in [-0.25, -0.2) is 8.78 Å².